The van der Waals surface area contributed by atoms with E-state index in [2.05, 4.69) is 67.2 Å². The maximum absolute atomic E-state index is 6.30. The second-order valence-electron chi connectivity index (χ2n) is 6.75. The standard InChI is InChI=1S/C23H28O2/c1-2-3-17-23(20-12-6-4-7-13-20,21-14-8-5-9-15-21)19-25-22-16-10-11-18-24-22/h2,4-9,12-15,22H,1,3,10-11,16-19H2. The van der Waals surface area contributed by atoms with Crippen molar-refractivity contribution in [3.05, 3.63) is 84.4 Å². The zero-order chi connectivity index (χ0) is 17.4. The van der Waals surface area contributed by atoms with E-state index in [1.54, 1.807) is 0 Å². The fraction of sp³-hybridized carbons (Fsp3) is 0.391. The minimum absolute atomic E-state index is 0.0794. The number of benzene rings is 2. The Morgan fingerprint density at radius 3 is 2.16 bits per heavy atom. The number of hydrogen-bond acceptors (Lipinski definition) is 2. The minimum atomic E-state index is -0.183. The third-order valence-corrected chi connectivity index (χ3v) is 5.08. The zero-order valence-electron chi connectivity index (χ0n) is 14.9. The lowest BCUT2D eigenvalue weighted by Crippen LogP contribution is -2.36. The largest absolute Gasteiger partial charge is 0.353 e. The average Bonchev–Trinajstić information content (AvgIpc) is 2.71. The van der Waals surface area contributed by atoms with Gasteiger partial charge in [0.05, 0.1) is 6.61 Å². The lowest BCUT2D eigenvalue weighted by Gasteiger charge is -2.37. The molecule has 25 heavy (non-hydrogen) atoms. The predicted octanol–water partition coefficient (Wildman–Crippen LogP) is 5.48. The van der Waals surface area contributed by atoms with Gasteiger partial charge in [0.1, 0.15) is 0 Å². The van der Waals surface area contributed by atoms with Gasteiger partial charge in [-0.05, 0) is 43.2 Å². The fourth-order valence-corrected chi connectivity index (χ4v) is 3.63. The Bertz CT molecular complexity index is 590. The van der Waals surface area contributed by atoms with Crippen LogP contribution < -0.4 is 0 Å². The van der Waals surface area contributed by atoms with Crippen LogP contribution in [0.4, 0.5) is 0 Å². The Morgan fingerprint density at radius 1 is 1.00 bits per heavy atom. The molecule has 132 valence electrons. The number of hydrogen-bond donors (Lipinski definition) is 0. The van der Waals surface area contributed by atoms with E-state index >= 15 is 0 Å². The van der Waals surface area contributed by atoms with Gasteiger partial charge < -0.3 is 9.47 Å². The lowest BCUT2D eigenvalue weighted by molar-refractivity contribution is -0.170. The van der Waals surface area contributed by atoms with E-state index in [1.807, 2.05) is 6.08 Å². The maximum Gasteiger partial charge on any atom is 0.157 e. The van der Waals surface area contributed by atoms with E-state index < -0.39 is 0 Å². The van der Waals surface area contributed by atoms with Crippen LogP contribution in [-0.4, -0.2) is 19.5 Å². The Kier molecular flexibility index (Phi) is 6.43. The summed E-state index contributed by atoms with van der Waals surface area (Å²) in [7, 11) is 0. The predicted molar refractivity (Wildman–Crippen MR) is 103 cm³/mol. The third kappa shape index (κ3) is 4.39. The van der Waals surface area contributed by atoms with Crippen LogP contribution >= 0.6 is 0 Å². The molecule has 1 heterocycles. The SMILES string of the molecule is C=CCCC(COC1CCCCO1)(c1ccccc1)c1ccccc1. The highest BCUT2D eigenvalue weighted by Crippen LogP contribution is 2.38. The van der Waals surface area contributed by atoms with Crippen molar-refractivity contribution < 1.29 is 9.47 Å². The average molecular weight is 336 g/mol. The minimum Gasteiger partial charge on any atom is -0.353 e. The summed E-state index contributed by atoms with van der Waals surface area (Å²) in [5.74, 6) is 0. The molecular formula is C23H28O2. The van der Waals surface area contributed by atoms with Crippen LogP contribution in [0.3, 0.4) is 0 Å². The van der Waals surface area contributed by atoms with Crippen molar-refractivity contribution in [2.24, 2.45) is 0 Å². The Hall–Kier alpha value is -1.90. The lowest BCUT2D eigenvalue weighted by atomic mass is 9.72. The van der Waals surface area contributed by atoms with Gasteiger partial charge in [-0.3, -0.25) is 0 Å². The number of allylic oxidation sites excluding steroid dienone is 1. The van der Waals surface area contributed by atoms with Crippen LogP contribution in [0.5, 0.6) is 0 Å². The molecule has 2 nitrogen and oxygen atoms in total. The van der Waals surface area contributed by atoms with Gasteiger partial charge in [0.25, 0.3) is 0 Å². The number of ether oxygens (including phenoxy) is 2. The topological polar surface area (TPSA) is 18.5 Å². The molecule has 2 aromatic carbocycles. The first-order valence-electron chi connectivity index (χ1n) is 9.30. The molecule has 2 heteroatoms. The molecule has 2 aromatic rings. The molecular weight excluding hydrogens is 308 g/mol. The molecule has 0 radical (unpaired) electrons. The monoisotopic (exact) mass is 336 g/mol. The van der Waals surface area contributed by atoms with Gasteiger partial charge in [-0.25, -0.2) is 0 Å². The van der Waals surface area contributed by atoms with Crippen molar-refractivity contribution in [1.29, 1.82) is 0 Å². The van der Waals surface area contributed by atoms with Crippen molar-refractivity contribution in [2.45, 2.75) is 43.8 Å². The van der Waals surface area contributed by atoms with Crippen LogP contribution in [0.1, 0.15) is 43.2 Å². The van der Waals surface area contributed by atoms with Gasteiger partial charge in [0.2, 0.25) is 0 Å². The van der Waals surface area contributed by atoms with Crippen molar-refractivity contribution in [2.75, 3.05) is 13.2 Å². The molecule has 1 saturated heterocycles. The highest BCUT2D eigenvalue weighted by atomic mass is 16.7. The van der Waals surface area contributed by atoms with Gasteiger partial charge >= 0.3 is 0 Å². The second-order valence-corrected chi connectivity index (χ2v) is 6.75. The van der Waals surface area contributed by atoms with E-state index in [-0.39, 0.29) is 11.7 Å². The Balaban J connectivity index is 1.93. The summed E-state index contributed by atoms with van der Waals surface area (Å²) >= 11 is 0. The quantitative estimate of drug-likeness (QED) is 0.594. The molecule has 0 amide bonds. The summed E-state index contributed by atoms with van der Waals surface area (Å²) in [4.78, 5) is 0. The van der Waals surface area contributed by atoms with Crippen LogP contribution in [-0.2, 0) is 14.9 Å². The second kappa shape index (κ2) is 8.98. The molecule has 1 aliphatic heterocycles. The van der Waals surface area contributed by atoms with Crippen LogP contribution in [0.15, 0.2) is 73.3 Å². The summed E-state index contributed by atoms with van der Waals surface area (Å²) in [5.41, 5.74) is 2.40. The van der Waals surface area contributed by atoms with Crippen LogP contribution in [0.25, 0.3) is 0 Å². The van der Waals surface area contributed by atoms with Gasteiger partial charge in [0.15, 0.2) is 6.29 Å². The van der Waals surface area contributed by atoms with Gasteiger partial charge in [-0.15, -0.1) is 6.58 Å². The molecule has 3 rings (SSSR count). The summed E-state index contributed by atoms with van der Waals surface area (Å²) in [6.45, 7) is 5.37. The van der Waals surface area contributed by atoms with Crippen LogP contribution in [0, 0.1) is 0 Å². The Labute approximate surface area is 151 Å². The molecule has 0 aliphatic carbocycles. The Morgan fingerprint density at radius 2 is 1.64 bits per heavy atom. The van der Waals surface area contributed by atoms with Crippen molar-refractivity contribution >= 4 is 0 Å². The van der Waals surface area contributed by atoms with E-state index in [1.165, 1.54) is 17.5 Å². The van der Waals surface area contributed by atoms with Gasteiger partial charge in [-0.1, -0.05) is 66.7 Å². The van der Waals surface area contributed by atoms with E-state index in [0.717, 1.165) is 32.3 Å². The third-order valence-electron chi connectivity index (χ3n) is 5.08. The van der Waals surface area contributed by atoms with E-state index in [9.17, 15) is 0 Å². The van der Waals surface area contributed by atoms with E-state index in [0.29, 0.717) is 6.61 Å². The zero-order valence-corrected chi connectivity index (χ0v) is 14.9. The highest BCUT2D eigenvalue weighted by Gasteiger charge is 2.35. The number of rotatable bonds is 8. The molecule has 0 bridgehead atoms. The first kappa shape index (κ1) is 17.9. The van der Waals surface area contributed by atoms with Crippen molar-refractivity contribution in [1.82, 2.24) is 0 Å². The molecule has 0 N–H and O–H groups in total. The fourth-order valence-electron chi connectivity index (χ4n) is 3.63. The maximum atomic E-state index is 6.30. The summed E-state index contributed by atoms with van der Waals surface area (Å²) in [6, 6.07) is 21.4. The van der Waals surface area contributed by atoms with Crippen molar-refractivity contribution in [3.63, 3.8) is 0 Å². The summed E-state index contributed by atoms with van der Waals surface area (Å²) < 4.78 is 12.1. The van der Waals surface area contributed by atoms with Crippen LogP contribution in [0.2, 0.25) is 0 Å². The summed E-state index contributed by atoms with van der Waals surface area (Å²) in [5, 5.41) is 0. The summed E-state index contributed by atoms with van der Waals surface area (Å²) in [6.07, 6.45) is 7.14. The normalized spacial score (nSPS) is 18.0. The molecule has 0 aromatic heterocycles. The smallest absolute Gasteiger partial charge is 0.157 e. The first-order valence-corrected chi connectivity index (χ1v) is 9.30. The molecule has 0 saturated carbocycles. The highest BCUT2D eigenvalue weighted by molar-refractivity contribution is 5.39. The van der Waals surface area contributed by atoms with Crippen molar-refractivity contribution in [3.8, 4) is 0 Å². The first-order chi connectivity index (χ1) is 12.3. The molecule has 1 aliphatic rings. The molecule has 1 atom stereocenters. The molecule has 0 spiro atoms. The van der Waals surface area contributed by atoms with Gasteiger partial charge in [-0.2, -0.15) is 0 Å². The van der Waals surface area contributed by atoms with Gasteiger partial charge in [0, 0.05) is 12.0 Å². The van der Waals surface area contributed by atoms with E-state index in [4.69, 9.17) is 9.47 Å². The molecule has 1 unspecified atom stereocenters. The molecule has 1 fully saturated rings.